The van der Waals surface area contributed by atoms with Crippen LogP contribution in [-0.2, 0) is 21.7 Å². The molecule has 272 valence electrons. The molecule has 1 aromatic heterocycles. The highest BCUT2D eigenvalue weighted by Crippen LogP contribution is 2.61. The van der Waals surface area contributed by atoms with Gasteiger partial charge in [0.2, 0.25) is 0 Å². The van der Waals surface area contributed by atoms with Crippen LogP contribution in [0.25, 0.3) is 10.1 Å². The van der Waals surface area contributed by atoms with Gasteiger partial charge in [0.05, 0.1) is 11.4 Å². The van der Waals surface area contributed by atoms with Crippen LogP contribution in [0.3, 0.4) is 0 Å². The smallest absolute Gasteiger partial charge is 0.264 e. The van der Waals surface area contributed by atoms with Gasteiger partial charge in [-0.1, -0.05) is 110 Å². The number of rotatable bonds is 1. The zero-order chi connectivity index (χ0) is 38.0. The van der Waals surface area contributed by atoms with Crippen molar-refractivity contribution in [2.75, 3.05) is 9.80 Å². The highest BCUT2D eigenvalue weighted by molar-refractivity contribution is 7.33. The predicted molar refractivity (Wildman–Crippen MR) is 236 cm³/mol. The third-order valence-electron chi connectivity index (χ3n) is 13.7. The average Bonchev–Trinajstić information content (AvgIpc) is 3.47. The van der Waals surface area contributed by atoms with Gasteiger partial charge in [0, 0.05) is 43.0 Å². The van der Waals surface area contributed by atoms with E-state index in [1.807, 2.05) is 11.3 Å². The lowest BCUT2D eigenvalue weighted by molar-refractivity contribution is 0.348. The quantitative estimate of drug-likeness (QED) is 0.156. The number of hydrogen-bond acceptors (Lipinski definition) is 3. The number of benzene rings is 5. The van der Waals surface area contributed by atoms with Gasteiger partial charge in [-0.25, -0.2) is 0 Å². The summed E-state index contributed by atoms with van der Waals surface area (Å²) in [5.41, 5.74) is 22.5. The molecule has 1 unspecified atom stereocenters. The zero-order valence-electron chi connectivity index (χ0n) is 34.3. The maximum Gasteiger partial charge on any atom is 0.264 e. The van der Waals surface area contributed by atoms with Gasteiger partial charge in [-0.05, 0) is 136 Å². The Balaban J connectivity index is 1.35. The zero-order valence-corrected chi connectivity index (χ0v) is 35.1. The lowest BCUT2D eigenvalue weighted by Crippen LogP contribution is -2.62. The van der Waals surface area contributed by atoms with Gasteiger partial charge in [0.15, 0.2) is 0 Å². The SMILES string of the molecule is Cc1cc2c3c(c1)N(c1ccc(C(C)(C)C)cc1C)c1c(sc4ccc(C)cc14)B3c1ccc3c4c1N2c1ccc(C(C)(C)C)cc1C4(C)CCC3(C)C. The van der Waals surface area contributed by atoms with E-state index < -0.39 is 0 Å². The average molecular weight is 725 g/mol. The number of thiophene rings is 1. The van der Waals surface area contributed by atoms with Crippen molar-refractivity contribution in [3.05, 3.63) is 123 Å². The first kappa shape index (κ1) is 34.2. The lowest BCUT2D eigenvalue weighted by atomic mass is 9.35. The minimum Gasteiger partial charge on any atom is -0.311 e. The molecule has 0 spiro atoms. The number of fused-ring (bicyclic) bond motifs is 9. The Hall–Kier alpha value is -4.28. The van der Waals surface area contributed by atoms with Crippen LogP contribution in [0, 0.1) is 20.8 Å². The first-order chi connectivity index (χ1) is 25.4. The Morgan fingerprint density at radius 2 is 1.26 bits per heavy atom. The van der Waals surface area contributed by atoms with Crippen LogP contribution in [0.4, 0.5) is 34.1 Å². The van der Waals surface area contributed by atoms with E-state index in [4.69, 9.17) is 0 Å². The molecule has 6 aromatic rings. The highest BCUT2D eigenvalue weighted by atomic mass is 32.1. The first-order valence-corrected chi connectivity index (χ1v) is 20.9. The number of hydrogen-bond donors (Lipinski definition) is 0. The van der Waals surface area contributed by atoms with Crippen LogP contribution in [0.5, 0.6) is 0 Å². The number of aryl methyl sites for hydroxylation is 3. The van der Waals surface area contributed by atoms with Crippen molar-refractivity contribution in [3.8, 4) is 0 Å². The van der Waals surface area contributed by atoms with Crippen LogP contribution in [0.1, 0.15) is 120 Å². The molecule has 54 heavy (non-hydrogen) atoms. The number of anilines is 6. The van der Waals surface area contributed by atoms with E-state index >= 15 is 0 Å². The van der Waals surface area contributed by atoms with Crippen LogP contribution in [-0.4, -0.2) is 6.71 Å². The fraction of sp³-hybridized carbons (Fsp3) is 0.360. The molecule has 5 aromatic carbocycles. The van der Waals surface area contributed by atoms with E-state index in [0.29, 0.717) is 0 Å². The summed E-state index contributed by atoms with van der Waals surface area (Å²) >= 11 is 2.01. The summed E-state index contributed by atoms with van der Waals surface area (Å²) in [5.74, 6) is 0. The van der Waals surface area contributed by atoms with Gasteiger partial charge in [0.25, 0.3) is 6.71 Å². The van der Waals surface area contributed by atoms with E-state index in [-0.39, 0.29) is 28.4 Å². The molecule has 0 saturated carbocycles. The van der Waals surface area contributed by atoms with Crippen molar-refractivity contribution >= 4 is 78.0 Å². The second-order valence-corrected chi connectivity index (χ2v) is 21.1. The Labute approximate surface area is 327 Å². The molecule has 0 radical (unpaired) electrons. The third-order valence-corrected chi connectivity index (χ3v) is 14.9. The van der Waals surface area contributed by atoms with Crippen molar-refractivity contribution in [1.29, 1.82) is 0 Å². The molecule has 0 saturated heterocycles. The Morgan fingerprint density at radius 3 is 1.93 bits per heavy atom. The van der Waals surface area contributed by atoms with Gasteiger partial charge in [0.1, 0.15) is 0 Å². The van der Waals surface area contributed by atoms with Crippen LogP contribution >= 0.6 is 11.3 Å². The standard InChI is InChI=1S/C50H53BN2S/c1-28-13-20-41-33(23-28)44-46(54-41)51-36-17-16-34-42-45(36)53(38-19-15-32(48(7,8)9)27-35(38)50(42,12)22-21-49(34,10)11)40-25-29(2)24-39(43(40)51)52(44)37-18-14-31(26-30(37)3)47(4,5)6/h13-20,23-27H,21-22H2,1-12H3. The van der Waals surface area contributed by atoms with Gasteiger partial charge in [-0.15, -0.1) is 11.3 Å². The Morgan fingerprint density at radius 1 is 0.611 bits per heavy atom. The fourth-order valence-electron chi connectivity index (χ4n) is 10.5. The van der Waals surface area contributed by atoms with Crippen molar-refractivity contribution < 1.29 is 0 Å². The largest absolute Gasteiger partial charge is 0.311 e. The minimum absolute atomic E-state index is 0.0661. The highest BCUT2D eigenvalue weighted by Gasteiger charge is 2.53. The van der Waals surface area contributed by atoms with E-state index in [0.717, 1.165) is 6.42 Å². The van der Waals surface area contributed by atoms with Gasteiger partial charge < -0.3 is 9.80 Å². The summed E-state index contributed by atoms with van der Waals surface area (Å²) in [7, 11) is 0. The monoisotopic (exact) mass is 724 g/mol. The van der Waals surface area contributed by atoms with Crippen molar-refractivity contribution in [2.45, 2.75) is 118 Å². The predicted octanol–water partition coefficient (Wildman–Crippen LogP) is 12.2. The topological polar surface area (TPSA) is 6.48 Å². The maximum absolute atomic E-state index is 2.72. The maximum atomic E-state index is 2.72. The molecule has 2 nitrogen and oxygen atoms in total. The van der Waals surface area contributed by atoms with E-state index in [2.05, 4.69) is 172 Å². The first-order valence-electron chi connectivity index (χ1n) is 20.1. The molecule has 4 heteroatoms. The minimum atomic E-state index is -0.0693. The molecule has 0 amide bonds. The normalized spacial score (nSPS) is 19.1. The molecular formula is C50H53BN2S. The third kappa shape index (κ3) is 4.47. The summed E-state index contributed by atoms with van der Waals surface area (Å²) in [5, 5.41) is 1.36. The summed E-state index contributed by atoms with van der Waals surface area (Å²) in [6.07, 6.45) is 2.33. The summed E-state index contributed by atoms with van der Waals surface area (Å²) in [4.78, 5) is 5.37. The summed E-state index contributed by atoms with van der Waals surface area (Å²) in [6, 6.07) is 31.8. The molecule has 3 aliphatic heterocycles. The molecule has 1 atom stereocenters. The fourth-order valence-corrected chi connectivity index (χ4v) is 11.8. The molecular weight excluding hydrogens is 671 g/mol. The van der Waals surface area contributed by atoms with Crippen molar-refractivity contribution in [2.24, 2.45) is 0 Å². The molecule has 4 aliphatic rings. The van der Waals surface area contributed by atoms with Crippen molar-refractivity contribution in [3.63, 3.8) is 0 Å². The lowest BCUT2D eigenvalue weighted by Gasteiger charge is -2.54. The molecule has 0 bridgehead atoms. The Bertz CT molecular complexity index is 2630. The number of nitrogens with zero attached hydrogens (tertiary/aromatic N) is 2. The second-order valence-electron chi connectivity index (χ2n) is 20.0. The van der Waals surface area contributed by atoms with Crippen molar-refractivity contribution in [1.82, 2.24) is 0 Å². The van der Waals surface area contributed by atoms with Gasteiger partial charge >= 0.3 is 0 Å². The van der Waals surface area contributed by atoms with E-state index in [1.54, 1.807) is 5.56 Å². The molecule has 4 heterocycles. The van der Waals surface area contributed by atoms with Crippen LogP contribution in [0.2, 0.25) is 0 Å². The second kappa shape index (κ2) is 10.7. The molecule has 0 fully saturated rings. The molecule has 1 aliphatic carbocycles. The molecule has 10 rings (SSSR count). The summed E-state index contributed by atoms with van der Waals surface area (Å²) < 4.78 is 2.83. The molecule has 0 N–H and O–H groups in total. The van der Waals surface area contributed by atoms with E-state index in [9.17, 15) is 0 Å². The van der Waals surface area contributed by atoms with Crippen LogP contribution in [0.15, 0.2) is 78.9 Å². The van der Waals surface area contributed by atoms with Crippen LogP contribution < -0.4 is 25.5 Å². The Kier molecular flexibility index (Phi) is 6.80. The van der Waals surface area contributed by atoms with E-state index in [1.165, 1.54) is 105 Å². The van der Waals surface area contributed by atoms with Gasteiger partial charge in [-0.3, -0.25) is 0 Å². The van der Waals surface area contributed by atoms with Gasteiger partial charge in [-0.2, -0.15) is 0 Å². The summed E-state index contributed by atoms with van der Waals surface area (Å²) in [6.45, 7) is 28.6.